The second-order valence-electron chi connectivity index (χ2n) is 5.59. The molecule has 0 radical (unpaired) electrons. The molecule has 5 nitrogen and oxygen atoms in total. The summed E-state index contributed by atoms with van der Waals surface area (Å²) in [7, 11) is 0. The van der Waals surface area contributed by atoms with E-state index in [-0.39, 0.29) is 5.92 Å². The molecule has 3 rings (SSSR count). The molecule has 110 valence electrons. The Balaban J connectivity index is 1.47. The molecule has 1 atom stereocenters. The van der Waals surface area contributed by atoms with E-state index in [1.807, 2.05) is 0 Å². The van der Waals surface area contributed by atoms with Crippen molar-refractivity contribution in [1.82, 2.24) is 9.88 Å². The summed E-state index contributed by atoms with van der Waals surface area (Å²) in [5.74, 6) is -1.13. The van der Waals surface area contributed by atoms with Crippen molar-refractivity contribution in [2.75, 3.05) is 31.5 Å². The second kappa shape index (κ2) is 6.10. The molecule has 1 aliphatic carbocycles. The number of aromatic nitrogens is 1. The van der Waals surface area contributed by atoms with Gasteiger partial charge in [0.1, 0.15) is 5.92 Å². The molecular formula is C14H21N3O2S. The number of rotatable bonds is 6. The number of likely N-dealkylation sites (tertiary alicyclic amines) is 1. The van der Waals surface area contributed by atoms with Crippen LogP contribution in [0.15, 0.2) is 0 Å². The molecule has 0 aromatic carbocycles. The van der Waals surface area contributed by atoms with Crippen molar-refractivity contribution in [3.05, 3.63) is 10.6 Å². The lowest BCUT2D eigenvalue weighted by Gasteiger charge is -2.13. The largest absolute Gasteiger partial charge is 0.481 e. The number of hydrogen-bond acceptors (Lipinski definition) is 5. The van der Waals surface area contributed by atoms with E-state index < -0.39 is 5.97 Å². The van der Waals surface area contributed by atoms with E-state index in [1.54, 1.807) is 11.3 Å². The molecule has 0 bridgehead atoms. The van der Waals surface area contributed by atoms with Crippen LogP contribution in [0.25, 0.3) is 0 Å². The topological polar surface area (TPSA) is 65.5 Å². The number of hydrogen-bond donors (Lipinski definition) is 2. The third kappa shape index (κ3) is 2.96. The first-order valence-corrected chi connectivity index (χ1v) is 8.24. The Hall–Kier alpha value is -1.14. The van der Waals surface area contributed by atoms with Gasteiger partial charge in [-0.2, -0.15) is 0 Å². The van der Waals surface area contributed by atoms with Crippen LogP contribution in [0.4, 0.5) is 5.13 Å². The molecule has 1 fully saturated rings. The molecular weight excluding hydrogens is 274 g/mol. The summed E-state index contributed by atoms with van der Waals surface area (Å²) in [5.41, 5.74) is 0.796. The predicted octanol–water partition coefficient (Wildman–Crippen LogP) is 2.16. The normalized spacial score (nSPS) is 22.1. The highest BCUT2D eigenvalue weighted by Crippen LogP contribution is 2.38. The van der Waals surface area contributed by atoms with Gasteiger partial charge in [0.15, 0.2) is 5.13 Å². The minimum Gasteiger partial charge on any atom is -0.481 e. The first-order chi connectivity index (χ1) is 9.74. The maximum absolute atomic E-state index is 11.1. The molecule has 1 aliphatic heterocycles. The number of nitrogens with zero attached hydrogens (tertiary/aromatic N) is 2. The van der Waals surface area contributed by atoms with E-state index in [2.05, 4.69) is 15.2 Å². The number of nitrogens with one attached hydrogen (secondary N) is 1. The van der Waals surface area contributed by atoms with Crippen molar-refractivity contribution in [2.24, 2.45) is 0 Å². The monoisotopic (exact) mass is 295 g/mol. The Morgan fingerprint density at radius 3 is 3.00 bits per heavy atom. The van der Waals surface area contributed by atoms with Gasteiger partial charge in [-0.1, -0.05) is 0 Å². The molecule has 0 amide bonds. The maximum Gasteiger partial charge on any atom is 0.312 e. The van der Waals surface area contributed by atoms with Crippen molar-refractivity contribution in [1.29, 1.82) is 0 Å². The van der Waals surface area contributed by atoms with Crippen molar-refractivity contribution >= 4 is 22.4 Å². The maximum atomic E-state index is 11.1. The summed E-state index contributed by atoms with van der Waals surface area (Å²) in [6, 6.07) is 0. The van der Waals surface area contributed by atoms with Crippen molar-refractivity contribution in [2.45, 2.75) is 38.0 Å². The molecule has 1 aromatic heterocycles. The number of thiazole rings is 1. The minimum atomic E-state index is -0.741. The summed E-state index contributed by atoms with van der Waals surface area (Å²) in [6.07, 6.45) is 5.36. The van der Waals surface area contributed by atoms with Gasteiger partial charge >= 0.3 is 5.97 Å². The Morgan fingerprint density at radius 1 is 1.45 bits per heavy atom. The predicted molar refractivity (Wildman–Crippen MR) is 79.6 cm³/mol. The lowest BCUT2D eigenvalue weighted by Crippen LogP contribution is -2.22. The van der Waals surface area contributed by atoms with Gasteiger partial charge in [-0.25, -0.2) is 4.98 Å². The van der Waals surface area contributed by atoms with Gasteiger partial charge in [0.05, 0.1) is 5.69 Å². The average molecular weight is 295 g/mol. The van der Waals surface area contributed by atoms with Gasteiger partial charge in [-0.05, 0) is 51.7 Å². The van der Waals surface area contributed by atoms with Gasteiger partial charge in [-0.3, -0.25) is 4.79 Å². The van der Waals surface area contributed by atoms with Crippen molar-refractivity contribution in [3.8, 4) is 0 Å². The van der Waals surface area contributed by atoms with Gasteiger partial charge < -0.3 is 15.3 Å². The molecule has 2 N–H and O–H groups in total. The van der Waals surface area contributed by atoms with E-state index in [0.29, 0.717) is 6.42 Å². The highest BCUT2D eigenvalue weighted by molar-refractivity contribution is 7.15. The van der Waals surface area contributed by atoms with E-state index >= 15 is 0 Å². The van der Waals surface area contributed by atoms with E-state index in [1.165, 1.54) is 25.9 Å². The third-order valence-corrected chi connectivity index (χ3v) is 5.23. The van der Waals surface area contributed by atoms with Crippen LogP contribution in [0, 0.1) is 0 Å². The molecule has 1 unspecified atom stereocenters. The van der Waals surface area contributed by atoms with Crippen LogP contribution in [0.3, 0.4) is 0 Å². The first-order valence-electron chi connectivity index (χ1n) is 7.42. The molecule has 0 spiro atoms. The standard InChI is InChI=1S/C14H21N3O2S/c18-13(19)10-4-5-11-12(10)16-14(20-11)15-6-3-9-17-7-1-2-8-17/h10H,1-9H2,(H,15,16)(H,18,19). The van der Waals surface area contributed by atoms with E-state index in [4.69, 9.17) is 5.11 Å². The smallest absolute Gasteiger partial charge is 0.312 e. The number of aryl methyl sites for hydroxylation is 1. The number of carboxylic acid groups (broad SMARTS) is 1. The van der Waals surface area contributed by atoms with Crippen LogP contribution in [-0.4, -0.2) is 47.1 Å². The summed E-state index contributed by atoms with van der Waals surface area (Å²) in [6.45, 7) is 4.55. The molecule has 1 aromatic rings. The lowest BCUT2D eigenvalue weighted by molar-refractivity contribution is -0.138. The summed E-state index contributed by atoms with van der Waals surface area (Å²) in [5, 5.41) is 13.4. The second-order valence-corrected chi connectivity index (χ2v) is 6.67. The first kappa shape index (κ1) is 13.8. The fraction of sp³-hybridized carbons (Fsp3) is 0.714. The van der Waals surface area contributed by atoms with Gasteiger partial charge in [0, 0.05) is 11.4 Å². The van der Waals surface area contributed by atoms with Crippen molar-refractivity contribution < 1.29 is 9.90 Å². The zero-order valence-electron chi connectivity index (χ0n) is 11.6. The number of fused-ring (bicyclic) bond motifs is 1. The minimum absolute atomic E-state index is 0.388. The van der Waals surface area contributed by atoms with E-state index in [9.17, 15) is 4.79 Å². The van der Waals surface area contributed by atoms with Gasteiger partial charge in [0.25, 0.3) is 0 Å². The van der Waals surface area contributed by atoms with Crippen LogP contribution >= 0.6 is 11.3 Å². The highest BCUT2D eigenvalue weighted by Gasteiger charge is 2.32. The fourth-order valence-electron chi connectivity index (χ4n) is 3.05. The summed E-state index contributed by atoms with van der Waals surface area (Å²) < 4.78 is 0. The number of carbonyl (C=O) groups is 1. The van der Waals surface area contributed by atoms with Crippen LogP contribution in [-0.2, 0) is 11.2 Å². The number of aliphatic carboxylic acids is 1. The van der Waals surface area contributed by atoms with Crippen LogP contribution in [0.2, 0.25) is 0 Å². The summed E-state index contributed by atoms with van der Waals surface area (Å²) >= 11 is 1.63. The molecule has 20 heavy (non-hydrogen) atoms. The quantitative estimate of drug-likeness (QED) is 0.787. The fourth-order valence-corrected chi connectivity index (χ4v) is 4.11. The number of anilines is 1. The summed E-state index contributed by atoms with van der Waals surface area (Å²) in [4.78, 5) is 19.3. The molecule has 6 heteroatoms. The van der Waals surface area contributed by atoms with Gasteiger partial charge in [0.2, 0.25) is 0 Å². The molecule has 0 saturated carbocycles. The Labute approximate surface area is 123 Å². The molecule has 2 aliphatic rings. The molecule has 1 saturated heterocycles. The lowest BCUT2D eigenvalue weighted by atomic mass is 10.1. The third-order valence-electron chi connectivity index (χ3n) is 4.14. The van der Waals surface area contributed by atoms with Gasteiger partial charge in [-0.15, -0.1) is 11.3 Å². The van der Waals surface area contributed by atoms with Crippen molar-refractivity contribution in [3.63, 3.8) is 0 Å². The highest BCUT2D eigenvalue weighted by atomic mass is 32.1. The Kier molecular flexibility index (Phi) is 4.21. The van der Waals surface area contributed by atoms with E-state index in [0.717, 1.165) is 41.6 Å². The number of carboxylic acids is 1. The zero-order chi connectivity index (χ0) is 13.9. The Morgan fingerprint density at radius 2 is 2.25 bits per heavy atom. The Bertz CT molecular complexity index is 483. The van der Waals surface area contributed by atoms with Crippen LogP contribution in [0.5, 0.6) is 0 Å². The molecule has 2 heterocycles. The van der Waals surface area contributed by atoms with Crippen LogP contribution in [0.1, 0.15) is 42.2 Å². The average Bonchev–Trinajstić information content (AvgIpc) is 3.10. The zero-order valence-corrected chi connectivity index (χ0v) is 12.4. The van der Waals surface area contributed by atoms with Crippen LogP contribution < -0.4 is 5.32 Å². The SMILES string of the molecule is O=C(O)C1CCc2sc(NCCCN3CCCC3)nc21.